The molecule has 0 bridgehead atoms. The number of aliphatic imine (C=N–C) groups is 1. The number of carbonyl (C=O) groups excluding carboxylic acids is 1. The number of benzene rings is 3. The summed E-state index contributed by atoms with van der Waals surface area (Å²) in [6, 6.07) is 17.6. The van der Waals surface area contributed by atoms with Crippen molar-refractivity contribution in [1.82, 2.24) is 10.9 Å². The number of carbonyl (C=O) groups is 1. The molecule has 1 atom stereocenters. The number of hydrogen-bond acceptors (Lipinski definition) is 8. The average Bonchev–Trinajstić information content (AvgIpc) is 3.38. The van der Waals surface area contributed by atoms with Gasteiger partial charge in [0.1, 0.15) is 24.0 Å². The van der Waals surface area contributed by atoms with Crippen molar-refractivity contribution in [2.24, 2.45) is 4.99 Å². The minimum absolute atomic E-state index is 0.0147. The maximum absolute atomic E-state index is 13.5. The Morgan fingerprint density at radius 2 is 1.75 bits per heavy atom. The van der Waals surface area contributed by atoms with Gasteiger partial charge in [0.2, 0.25) is 5.90 Å². The van der Waals surface area contributed by atoms with Crippen molar-refractivity contribution in [1.29, 1.82) is 0 Å². The lowest BCUT2D eigenvalue weighted by Gasteiger charge is -2.23. The largest absolute Gasteiger partial charge is 0.494 e. The van der Waals surface area contributed by atoms with Crippen LogP contribution in [-0.2, 0) is 25.9 Å². The van der Waals surface area contributed by atoms with Crippen LogP contribution >= 0.6 is 0 Å². The van der Waals surface area contributed by atoms with Crippen LogP contribution in [0.2, 0.25) is 0 Å². The molecule has 4 rings (SSSR count). The normalized spacial score (nSPS) is 16.7. The number of ether oxygens (including phenoxy) is 2. The maximum atomic E-state index is 13.5. The molecular formula is C28H29F2N3O6S. The number of sulfone groups is 1. The number of aliphatic hydroxyl groups excluding tert-OH is 1. The monoisotopic (exact) mass is 573 g/mol. The van der Waals surface area contributed by atoms with Crippen molar-refractivity contribution in [3.05, 3.63) is 95.6 Å². The molecule has 1 amide bonds. The first-order chi connectivity index (χ1) is 19.2. The Kier molecular flexibility index (Phi) is 9.46. The SMILES string of the molecule is O=C(NNCc1cc(F)cc(F)c1)[C@]1(CCS(=O)(=O)c2ccccc2)COC(c2ccc(OCCCO)cc2)=N1. The minimum atomic E-state index is -3.73. The predicted molar refractivity (Wildman–Crippen MR) is 143 cm³/mol. The van der Waals surface area contributed by atoms with E-state index in [1.165, 1.54) is 12.1 Å². The Bertz CT molecular complexity index is 1430. The molecule has 1 aliphatic heterocycles. The van der Waals surface area contributed by atoms with Gasteiger partial charge < -0.3 is 14.6 Å². The molecule has 0 spiro atoms. The number of hydrogen-bond donors (Lipinski definition) is 3. The van der Waals surface area contributed by atoms with Crippen molar-refractivity contribution in [2.75, 3.05) is 25.6 Å². The summed E-state index contributed by atoms with van der Waals surface area (Å²) in [5.74, 6) is -1.82. The van der Waals surface area contributed by atoms with Crippen molar-refractivity contribution in [3.63, 3.8) is 0 Å². The molecule has 3 N–H and O–H groups in total. The molecule has 0 saturated carbocycles. The molecule has 212 valence electrons. The van der Waals surface area contributed by atoms with Crippen molar-refractivity contribution >= 4 is 21.6 Å². The molecule has 12 heteroatoms. The molecule has 40 heavy (non-hydrogen) atoms. The van der Waals surface area contributed by atoms with Gasteiger partial charge in [-0.05, 0) is 60.5 Å². The zero-order chi connectivity index (χ0) is 28.6. The molecule has 0 unspecified atom stereocenters. The van der Waals surface area contributed by atoms with E-state index in [1.54, 1.807) is 42.5 Å². The average molecular weight is 574 g/mol. The van der Waals surface area contributed by atoms with Gasteiger partial charge in [0.25, 0.3) is 5.91 Å². The summed E-state index contributed by atoms with van der Waals surface area (Å²) in [5.41, 5.74) is 4.33. The summed E-state index contributed by atoms with van der Waals surface area (Å²) >= 11 is 0. The number of nitrogens with one attached hydrogen (secondary N) is 2. The van der Waals surface area contributed by atoms with Crippen molar-refractivity contribution < 1.29 is 36.6 Å². The number of nitrogens with zero attached hydrogens (tertiary/aromatic N) is 1. The van der Waals surface area contributed by atoms with E-state index in [0.29, 0.717) is 24.3 Å². The van der Waals surface area contributed by atoms with E-state index in [9.17, 15) is 22.0 Å². The molecule has 3 aromatic carbocycles. The molecule has 0 saturated heterocycles. The summed E-state index contributed by atoms with van der Waals surface area (Å²) in [6.07, 6.45) is 0.307. The van der Waals surface area contributed by atoms with Gasteiger partial charge in [-0.15, -0.1) is 0 Å². The third-order valence-electron chi connectivity index (χ3n) is 6.16. The quantitative estimate of drug-likeness (QED) is 0.212. The van der Waals surface area contributed by atoms with Crippen molar-refractivity contribution in [2.45, 2.75) is 29.8 Å². The summed E-state index contributed by atoms with van der Waals surface area (Å²) < 4.78 is 64.3. The second kappa shape index (κ2) is 13.0. The van der Waals surface area contributed by atoms with Crippen LogP contribution in [0.25, 0.3) is 0 Å². The lowest BCUT2D eigenvalue weighted by Crippen LogP contribution is -2.52. The molecule has 0 radical (unpaired) electrons. The van der Waals surface area contributed by atoms with Crippen LogP contribution in [0, 0.1) is 11.6 Å². The van der Waals surface area contributed by atoms with Crippen LogP contribution in [0.5, 0.6) is 5.75 Å². The number of aliphatic hydroxyl groups is 1. The zero-order valence-corrected chi connectivity index (χ0v) is 22.3. The van der Waals surface area contributed by atoms with Crippen LogP contribution < -0.4 is 15.6 Å². The summed E-state index contributed by atoms with van der Waals surface area (Å²) in [6.45, 7) is 0.0556. The van der Waals surface area contributed by atoms with Gasteiger partial charge in [0.15, 0.2) is 15.4 Å². The van der Waals surface area contributed by atoms with Gasteiger partial charge in [-0.2, -0.15) is 0 Å². The molecule has 3 aromatic rings. The van der Waals surface area contributed by atoms with E-state index in [0.717, 1.165) is 18.2 Å². The molecule has 0 aliphatic carbocycles. The number of halogens is 2. The van der Waals surface area contributed by atoms with E-state index in [-0.39, 0.29) is 48.3 Å². The lowest BCUT2D eigenvalue weighted by atomic mass is 9.98. The third kappa shape index (κ3) is 7.40. The van der Waals surface area contributed by atoms with Crippen LogP contribution in [-0.4, -0.2) is 56.4 Å². The Morgan fingerprint density at radius 1 is 1.05 bits per heavy atom. The molecular weight excluding hydrogens is 544 g/mol. The molecule has 1 heterocycles. The fourth-order valence-electron chi connectivity index (χ4n) is 4.01. The zero-order valence-electron chi connectivity index (χ0n) is 21.5. The fourth-order valence-corrected chi connectivity index (χ4v) is 5.42. The Balaban J connectivity index is 1.52. The van der Waals surface area contributed by atoms with Gasteiger partial charge in [0.05, 0.1) is 17.3 Å². The summed E-state index contributed by atoms with van der Waals surface area (Å²) in [5, 5.41) is 8.90. The number of amides is 1. The smallest absolute Gasteiger partial charge is 0.265 e. The summed E-state index contributed by atoms with van der Waals surface area (Å²) in [4.78, 5) is 18.0. The van der Waals surface area contributed by atoms with Crippen LogP contribution in [0.1, 0.15) is 24.0 Å². The Labute approximate surface area is 230 Å². The second-order valence-electron chi connectivity index (χ2n) is 9.15. The van der Waals surface area contributed by atoms with Crippen LogP contribution in [0.15, 0.2) is 82.7 Å². The highest BCUT2D eigenvalue weighted by Crippen LogP contribution is 2.28. The molecule has 1 aliphatic rings. The second-order valence-corrected chi connectivity index (χ2v) is 11.3. The Morgan fingerprint density at radius 3 is 2.42 bits per heavy atom. The van der Waals surface area contributed by atoms with Crippen LogP contribution in [0.3, 0.4) is 0 Å². The molecule has 9 nitrogen and oxygen atoms in total. The number of rotatable bonds is 13. The first kappa shape index (κ1) is 29.1. The van der Waals surface area contributed by atoms with Crippen molar-refractivity contribution in [3.8, 4) is 5.75 Å². The van der Waals surface area contributed by atoms with Gasteiger partial charge in [-0.25, -0.2) is 27.6 Å². The fraction of sp³-hybridized carbons (Fsp3) is 0.286. The summed E-state index contributed by atoms with van der Waals surface area (Å²) in [7, 11) is -3.73. The highest BCUT2D eigenvalue weighted by atomic mass is 32.2. The van der Waals surface area contributed by atoms with E-state index in [4.69, 9.17) is 14.6 Å². The van der Waals surface area contributed by atoms with Gasteiger partial charge in [-0.1, -0.05) is 18.2 Å². The topological polar surface area (TPSA) is 126 Å². The third-order valence-corrected chi connectivity index (χ3v) is 7.89. The van der Waals surface area contributed by atoms with E-state index < -0.39 is 32.9 Å². The first-order valence-electron chi connectivity index (χ1n) is 12.5. The van der Waals surface area contributed by atoms with Gasteiger partial charge in [0, 0.05) is 31.2 Å². The first-order valence-corrected chi connectivity index (χ1v) is 14.2. The van der Waals surface area contributed by atoms with E-state index in [2.05, 4.69) is 15.8 Å². The molecule has 0 aromatic heterocycles. The predicted octanol–water partition coefficient (Wildman–Crippen LogP) is 2.93. The van der Waals surface area contributed by atoms with Gasteiger partial charge in [-0.3, -0.25) is 10.2 Å². The Hall–Kier alpha value is -3.87. The van der Waals surface area contributed by atoms with E-state index >= 15 is 0 Å². The lowest BCUT2D eigenvalue weighted by molar-refractivity contribution is -0.127. The highest BCUT2D eigenvalue weighted by Gasteiger charge is 2.45. The maximum Gasteiger partial charge on any atom is 0.265 e. The van der Waals surface area contributed by atoms with E-state index in [1.807, 2.05) is 0 Å². The van der Waals surface area contributed by atoms with Gasteiger partial charge >= 0.3 is 0 Å². The molecule has 0 fully saturated rings. The standard InChI is InChI=1S/C28H29F2N3O6S/c29-22-15-20(16-23(30)17-22)18-31-33-27(35)28(11-14-40(36,37)25-5-2-1-3-6-25)19-39-26(32-28)21-7-9-24(10-8-21)38-13-4-12-34/h1-3,5-10,15-17,31,34H,4,11-14,18-19H2,(H,33,35)/t28-/m0/s1. The highest BCUT2D eigenvalue weighted by molar-refractivity contribution is 7.91. The minimum Gasteiger partial charge on any atom is -0.494 e. The number of hydrazine groups is 1. The van der Waals surface area contributed by atoms with Crippen LogP contribution in [0.4, 0.5) is 8.78 Å².